The molecule has 0 aliphatic carbocycles. The van der Waals surface area contributed by atoms with Gasteiger partial charge in [-0.05, 0) is 6.92 Å². The predicted octanol–water partition coefficient (Wildman–Crippen LogP) is -0.112. The van der Waals surface area contributed by atoms with Crippen LogP contribution in [0.4, 0.5) is 0 Å². The number of nitrogens with two attached hydrogens (primary N) is 1. The molecule has 0 spiro atoms. The van der Waals surface area contributed by atoms with Crippen molar-refractivity contribution in [3.8, 4) is 0 Å². The highest BCUT2D eigenvalue weighted by molar-refractivity contribution is 7.80. The lowest BCUT2D eigenvalue weighted by molar-refractivity contribution is -0.134. The zero-order valence-corrected chi connectivity index (χ0v) is 6.16. The van der Waals surface area contributed by atoms with Crippen molar-refractivity contribution in [2.24, 2.45) is 5.84 Å². The number of carboxylic acids is 1. The summed E-state index contributed by atoms with van der Waals surface area (Å²) in [6.07, 6.45) is 0. The molecule has 0 aromatic rings. The summed E-state index contributed by atoms with van der Waals surface area (Å²) >= 11 is 4.46. The van der Waals surface area contributed by atoms with Crippen LogP contribution >= 0.6 is 12.2 Å². The third kappa shape index (κ3) is 119. The molecule has 4 nitrogen and oxygen atoms in total. The lowest BCUT2D eigenvalue weighted by Crippen LogP contribution is -2.25. The van der Waals surface area contributed by atoms with Gasteiger partial charge in [-0.15, -0.1) is 0 Å². The molecule has 0 aliphatic rings. The summed E-state index contributed by atoms with van der Waals surface area (Å²) in [4.78, 5) is 9.62. The Morgan fingerprint density at radius 3 is 1.78 bits per heavy atom. The maximum atomic E-state index is 9.00. The van der Waals surface area contributed by atoms with Crippen molar-refractivity contribution >= 4 is 23.2 Å². The first-order valence-corrected chi connectivity index (χ1v) is 2.58. The van der Waals surface area contributed by atoms with Crippen LogP contribution in [-0.4, -0.2) is 16.1 Å². The zero-order chi connectivity index (χ0) is 7.86. The normalized spacial score (nSPS) is 6.56. The fourth-order valence-electron chi connectivity index (χ4n) is 0. The molecule has 5 heteroatoms. The van der Waals surface area contributed by atoms with Crippen LogP contribution in [0.15, 0.2) is 0 Å². The van der Waals surface area contributed by atoms with E-state index in [4.69, 9.17) is 15.7 Å². The third-order valence-electron chi connectivity index (χ3n) is 0.203. The summed E-state index contributed by atoms with van der Waals surface area (Å²) in [5.41, 5.74) is 2.26. The molecule has 0 radical (unpaired) electrons. The zero-order valence-electron chi connectivity index (χ0n) is 5.34. The molecule has 0 aromatic heterocycles. The number of hydrazine groups is 1. The molecule has 0 aromatic carbocycles. The number of hydrogen-bond acceptors (Lipinski definition) is 3. The van der Waals surface area contributed by atoms with Gasteiger partial charge in [0, 0.05) is 6.92 Å². The lowest BCUT2D eigenvalue weighted by atomic mass is 10.8. The lowest BCUT2D eigenvalue weighted by Gasteiger charge is -1.85. The third-order valence-corrected chi connectivity index (χ3v) is 0.321. The van der Waals surface area contributed by atoms with Gasteiger partial charge in [0.05, 0.1) is 4.99 Å². The second-order valence-corrected chi connectivity index (χ2v) is 1.83. The van der Waals surface area contributed by atoms with Crippen LogP contribution in [0.5, 0.6) is 0 Å². The van der Waals surface area contributed by atoms with E-state index in [1.807, 2.05) is 0 Å². The minimum atomic E-state index is -0.833. The number of thiocarbonyl (C=S) groups is 1. The van der Waals surface area contributed by atoms with E-state index in [0.29, 0.717) is 4.99 Å². The Morgan fingerprint density at radius 1 is 1.67 bits per heavy atom. The largest absolute Gasteiger partial charge is 0.481 e. The summed E-state index contributed by atoms with van der Waals surface area (Å²) in [6.45, 7) is 2.80. The van der Waals surface area contributed by atoms with E-state index >= 15 is 0 Å². The number of aliphatic carboxylic acids is 1. The Labute approximate surface area is 59.0 Å². The molecule has 0 saturated carbocycles. The number of carboxylic acid groups (broad SMARTS) is 1. The minimum Gasteiger partial charge on any atom is -0.481 e. The van der Waals surface area contributed by atoms with Crippen molar-refractivity contribution in [1.29, 1.82) is 0 Å². The van der Waals surface area contributed by atoms with Crippen molar-refractivity contribution in [1.82, 2.24) is 5.43 Å². The first-order chi connectivity index (χ1) is 4.00. The van der Waals surface area contributed by atoms with Crippen LogP contribution in [0.1, 0.15) is 13.8 Å². The van der Waals surface area contributed by atoms with E-state index in [1.165, 1.54) is 0 Å². The molecular formula is C4H10N2O2S. The van der Waals surface area contributed by atoms with Gasteiger partial charge in [0.15, 0.2) is 0 Å². The van der Waals surface area contributed by atoms with Gasteiger partial charge >= 0.3 is 0 Å². The summed E-state index contributed by atoms with van der Waals surface area (Å²) < 4.78 is 0. The highest BCUT2D eigenvalue weighted by Crippen LogP contribution is 1.54. The molecule has 0 heterocycles. The van der Waals surface area contributed by atoms with Crippen molar-refractivity contribution < 1.29 is 9.90 Å². The average molecular weight is 150 g/mol. The average Bonchev–Trinajstić information content (AvgIpc) is 1.65. The molecule has 0 amide bonds. The number of rotatable bonds is 0. The molecule has 0 aliphatic heterocycles. The quantitative estimate of drug-likeness (QED) is 0.255. The van der Waals surface area contributed by atoms with Gasteiger partial charge in [-0.2, -0.15) is 0 Å². The SMILES string of the molecule is CC(=O)O.CC(=S)NN. The van der Waals surface area contributed by atoms with E-state index in [2.05, 4.69) is 17.6 Å². The van der Waals surface area contributed by atoms with Crippen LogP contribution in [0.3, 0.4) is 0 Å². The molecule has 0 rings (SSSR count). The van der Waals surface area contributed by atoms with E-state index in [9.17, 15) is 0 Å². The molecule has 9 heavy (non-hydrogen) atoms. The topological polar surface area (TPSA) is 75.3 Å². The van der Waals surface area contributed by atoms with Gasteiger partial charge in [0.2, 0.25) is 0 Å². The smallest absolute Gasteiger partial charge is 0.300 e. The Bertz CT molecular complexity index is 101. The van der Waals surface area contributed by atoms with Crippen LogP contribution in [0.2, 0.25) is 0 Å². The maximum absolute atomic E-state index is 9.00. The van der Waals surface area contributed by atoms with Gasteiger partial charge in [0.25, 0.3) is 5.97 Å². The Morgan fingerprint density at radius 2 is 1.78 bits per heavy atom. The number of carbonyl (C=O) groups is 1. The van der Waals surface area contributed by atoms with Crippen molar-refractivity contribution in [2.75, 3.05) is 0 Å². The Balaban J connectivity index is 0. The van der Waals surface area contributed by atoms with Crippen LogP contribution in [0.25, 0.3) is 0 Å². The molecule has 4 N–H and O–H groups in total. The predicted molar refractivity (Wildman–Crippen MR) is 38.9 cm³/mol. The Hall–Kier alpha value is -0.680. The second-order valence-electron chi connectivity index (χ2n) is 1.22. The minimum absolute atomic E-state index is 0.616. The second kappa shape index (κ2) is 7.32. The number of hydrogen-bond donors (Lipinski definition) is 3. The van der Waals surface area contributed by atoms with Crippen LogP contribution in [0, 0.1) is 0 Å². The highest BCUT2D eigenvalue weighted by Gasteiger charge is 1.66. The van der Waals surface area contributed by atoms with Crippen LogP contribution in [-0.2, 0) is 4.79 Å². The van der Waals surface area contributed by atoms with Crippen LogP contribution < -0.4 is 11.3 Å². The summed E-state index contributed by atoms with van der Waals surface area (Å²) in [6, 6.07) is 0. The fraction of sp³-hybridized carbons (Fsp3) is 0.500. The van der Waals surface area contributed by atoms with E-state index in [1.54, 1.807) is 6.92 Å². The molecule has 0 unspecified atom stereocenters. The monoisotopic (exact) mass is 150 g/mol. The van der Waals surface area contributed by atoms with E-state index in [0.717, 1.165) is 6.92 Å². The number of nitrogens with one attached hydrogen (secondary N) is 1. The van der Waals surface area contributed by atoms with Gasteiger partial charge in [-0.3, -0.25) is 10.6 Å². The van der Waals surface area contributed by atoms with Gasteiger partial charge in [-0.1, -0.05) is 12.2 Å². The standard InChI is InChI=1S/C2H6N2S.C2H4O2/c1-2(5)4-3;1-2(3)4/h3H2,1H3,(H,4,5);1H3,(H,3,4). The summed E-state index contributed by atoms with van der Waals surface area (Å²) in [5, 5.41) is 7.42. The molecule has 0 fully saturated rings. The molecule has 0 bridgehead atoms. The first-order valence-electron chi connectivity index (χ1n) is 2.17. The summed E-state index contributed by atoms with van der Waals surface area (Å²) in [5.74, 6) is 3.95. The van der Waals surface area contributed by atoms with Gasteiger partial charge in [-0.25, -0.2) is 0 Å². The summed E-state index contributed by atoms with van der Waals surface area (Å²) in [7, 11) is 0. The van der Waals surface area contributed by atoms with Crippen molar-refractivity contribution in [3.05, 3.63) is 0 Å². The molecule has 54 valence electrons. The van der Waals surface area contributed by atoms with Crippen molar-refractivity contribution in [2.45, 2.75) is 13.8 Å². The van der Waals surface area contributed by atoms with Gasteiger partial charge < -0.3 is 10.5 Å². The van der Waals surface area contributed by atoms with E-state index in [-0.39, 0.29) is 0 Å². The van der Waals surface area contributed by atoms with Crippen molar-refractivity contribution in [3.63, 3.8) is 0 Å². The molecule has 0 saturated heterocycles. The fourth-order valence-corrected chi connectivity index (χ4v) is 0. The molecule has 0 atom stereocenters. The first kappa shape index (κ1) is 11.2. The highest BCUT2D eigenvalue weighted by atomic mass is 32.1. The maximum Gasteiger partial charge on any atom is 0.300 e. The molecular weight excluding hydrogens is 140 g/mol. The Kier molecular flexibility index (Phi) is 9.08. The van der Waals surface area contributed by atoms with Gasteiger partial charge in [0.1, 0.15) is 0 Å². The van der Waals surface area contributed by atoms with E-state index < -0.39 is 5.97 Å².